The van der Waals surface area contributed by atoms with Gasteiger partial charge in [-0.1, -0.05) is 0 Å². The lowest BCUT2D eigenvalue weighted by molar-refractivity contribution is 0.105. The predicted molar refractivity (Wildman–Crippen MR) is 139 cm³/mol. The number of nitriles is 1. The number of fused-ring (bicyclic) bond motifs is 1. The van der Waals surface area contributed by atoms with E-state index in [1.54, 1.807) is 41.1 Å². The van der Waals surface area contributed by atoms with Crippen molar-refractivity contribution in [1.82, 2.24) is 39.2 Å². The van der Waals surface area contributed by atoms with E-state index in [2.05, 4.69) is 31.1 Å². The van der Waals surface area contributed by atoms with Crippen LogP contribution in [-0.4, -0.2) is 97.7 Å². The molecule has 38 heavy (non-hydrogen) atoms. The van der Waals surface area contributed by atoms with Crippen LogP contribution < -0.4 is 4.90 Å². The molecule has 0 saturated carbocycles. The molecule has 0 bridgehead atoms. The topological polar surface area (TPSA) is 121 Å². The molecule has 4 aromatic heterocycles. The summed E-state index contributed by atoms with van der Waals surface area (Å²) in [5, 5.41) is 18.3. The fraction of sp³-hybridized carbons (Fsp3) is 0.385. The number of aromatic nitrogens is 6. The maximum atomic E-state index is 12.9. The van der Waals surface area contributed by atoms with Crippen molar-refractivity contribution in [2.75, 3.05) is 51.3 Å². The quantitative estimate of drug-likeness (QED) is 0.407. The number of rotatable bonds is 4. The average molecular weight is 513 g/mol. The van der Waals surface area contributed by atoms with E-state index in [-0.39, 0.29) is 12.1 Å². The van der Waals surface area contributed by atoms with Gasteiger partial charge in [-0.25, -0.2) is 19.3 Å². The maximum absolute atomic E-state index is 12.9. The monoisotopic (exact) mass is 512 g/mol. The van der Waals surface area contributed by atoms with Crippen LogP contribution >= 0.6 is 0 Å². The minimum Gasteiger partial charge on any atom is -0.380 e. The van der Waals surface area contributed by atoms with Crippen molar-refractivity contribution in [2.24, 2.45) is 7.05 Å². The molecule has 6 rings (SSSR count). The van der Waals surface area contributed by atoms with Crippen LogP contribution in [0.5, 0.6) is 0 Å². The van der Waals surface area contributed by atoms with Crippen molar-refractivity contribution in [2.45, 2.75) is 12.5 Å². The molecule has 4 aromatic rings. The van der Waals surface area contributed by atoms with Crippen molar-refractivity contribution in [3.8, 4) is 28.3 Å². The SMILES string of the molecule is COC1CCN(C(=O)N2CCN(c3ncc(-c4cc(-c5cnn(C)c5)cn5ncc(C#N)c45)cn3)CC2)C1. The Morgan fingerprint density at radius 1 is 0.974 bits per heavy atom. The molecule has 2 amide bonds. The van der Waals surface area contributed by atoms with Crippen molar-refractivity contribution < 1.29 is 9.53 Å². The summed E-state index contributed by atoms with van der Waals surface area (Å²) in [5.41, 5.74) is 4.67. The second kappa shape index (κ2) is 9.75. The Balaban J connectivity index is 1.21. The van der Waals surface area contributed by atoms with Gasteiger partial charge in [-0.05, 0) is 12.5 Å². The van der Waals surface area contributed by atoms with Crippen molar-refractivity contribution in [3.05, 3.63) is 48.8 Å². The Morgan fingerprint density at radius 3 is 2.42 bits per heavy atom. The summed E-state index contributed by atoms with van der Waals surface area (Å²) in [7, 11) is 3.57. The molecule has 0 radical (unpaired) electrons. The molecule has 0 spiro atoms. The Kier molecular flexibility index (Phi) is 6.13. The molecule has 0 aliphatic carbocycles. The van der Waals surface area contributed by atoms with E-state index in [1.165, 1.54) is 0 Å². The maximum Gasteiger partial charge on any atom is 0.320 e. The number of likely N-dealkylation sites (tertiary alicyclic amines) is 1. The van der Waals surface area contributed by atoms with Crippen molar-refractivity contribution >= 4 is 17.5 Å². The number of amides is 2. The summed E-state index contributed by atoms with van der Waals surface area (Å²) >= 11 is 0. The predicted octanol–water partition coefficient (Wildman–Crippen LogP) is 2.03. The molecule has 6 heterocycles. The van der Waals surface area contributed by atoms with Crippen molar-refractivity contribution in [1.29, 1.82) is 5.26 Å². The molecule has 1 atom stereocenters. The zero-order valence-corrected chi connectivity index (χ0v) is 21.4. The highest BCUT2D eigenvalue weighted by Gasteiger charge is 2.31. The van der Waals surface area contributed by atoms with E-state index in [0.717, 1.165) is 35.2 Å². The highest BCUT2D eigenvalue weighted by Crippen LogP contribution is 2.31. The number of methoxy groups -OCH3 is 1. The number of aryl methyl sites for hydroxylation is 1. The summed E-state index contributed by atoms with van der Waals surface area (Å²) in [4.78, 5) is 28.1. The first-order valence-corrected chi connectivity index (χ1v) is 12.6. The van der Waals surface area contributed by atoms with Crippen LogP contribution in [0.3, 0.4) is 0 Å². The van der Waals surface area contributed by atoms with Gasteiger partial charge in [0.2, 0.25) is 5.95 Å². The lowest BCUT2D eigenvalue weighted by Gasteiger charge is -2.36. The second-order valence-electron chi connectivity index (χ2n) is 9.63. The minimum atomic E-state index is 0.0760. The summed E-state index contributed by atoms with van der Waals surface area (Å²) in [6.45, 7) is 3.95. The van der Waals surface area contributed by atoms with Gasteiger partial charge in [0, 0.05) is 100 Å². The number of urea groups is 1. The second-order valence-corrected chi connectivity index (χ2v) is 9.63. The average Bonchev–Trinajstić information content (AvgIpc) is 3.72. The number of carbonyl (C=O) groups excluding carboxylic acids is 1. The summed E-state index contributed by atoms with van der Waals surface area (Å²) < 4.78 is 8.86. The third kappa shape index (κ3) is 4.31. The Labute approximate surface area is 219 Å². The fourth-order valence-corrected chi connectivity index (χ4v) is 5.17. The summed E-state index contributed by atoms with van der Waals surface area (Å²) in [5.74, 6) is 0.620. The molecule has 2 aliphatic rings. The minimum absolute atomic E-state index is 0.0760. The molecule has 194 valence electrons. The third-order valence-electron chi connectivity index (χ3n) is 7.30. The van der Waals surface area contributed by atoms with E-state index < -0.39 is 0 Å². The number of ether oxygens (including phenoxy) is 1. The number of anilines is 1. The summed E-state index contributed by atoms with van der Waals surface area (Å²) in [6, 6.07) is 4.33. The number of pyridine rings is 1. The molecule has 2 saturated heterocycles. The lowest BCUT2D eigenvalue weighted by Crippen LogP contribution is -2.53. The molecular formula is C26H28N10O2. The molecule has 0 aromatic carbocycles. The molecule has 1 unspecified atom stereocenters. The van der Waals surface area contributed by atoms with Gasteiger partial charge in [0.15, 0.2) is 0 Å². The first kappa shape index (κ1) is 23.9. The van der Waals surface area contributed by atoms with E-state index in [0.29, 0.717) is 49.8 Å². The normalized spacial score (nSPS) is 17.8. The van der Waals surface area contributed by atoms with Crippen LogP contribution in [-0.2, 0) is 11.8 Å². The Bertz CT molecular complexity index is 1510. The Morgan fingerprint density at radius 2 is 1.76 bits per heavy atom. The molecule has 2 fully saturated rings. The first-order chi connectivity index (χ1) is 18.5. The number of hydrogen-bond acceptors (Lipinski definition) is 8. The van der Waals surface area contributed by atoms with Crippen LogP contribution in [0.25, 0.3) is 27.8 Å². The third-order valence-corrected chi connectivity index (χ3v) is 7.30. The van der Waals surface area contributed by atoms with E-state index in [9.17, 15) is 10.1 Å². The molecule has 12 nitrogen and oxygen atoms in total. The number of hydrogen-bond donors (Lipinski definition) is 0. The number of nitrogens with zero attached hydrogens (tertiary/aromatic N) is 10. The van der Waals surface area contributed by atoms with Gasteiger partial charge >= 0.3 is 6.03 Å². The fourth-order valence-electron chi connectivity index (χ4n) is 5.17. The van der Waals surface area contributed by atoms with Gasteiger partial charge in [0.25, 0.3) is 0 Å². The molecule has 0 N–H and O–H groups in total. The molecule has 2 aliphatic heterocycles. The Hall–Kier alpha value is -4.50. The van der Waals surface area contributed by atoms with Gasteiger partial charge < -0.3 is 19.4 Å². The smallest absolute Gasteiger partial charge is 0.320 e. The number of carbonyl (C=O) groups is 1. The highest BCUT2D eigenvalue weighted by atomic mass is 16.5. The first-order valence-electron chi connectivity index (χ1n) is 12.6. The van der Waals surface area contributed by atoms with E-state index in [1.807, 2.05) is 35.3 Å². The largest absolute Gasteiger partial charge is 0.380 e. The highest BCUT2D eigenvalue weighted by molar-refractivity contribution is 5.87. The van der Waals surface area contributed by atoms with Gasteiger partial charge in [0.05, 0.1) is 29.6 Å². The molecular weight excluding hydrogens is 484 g/mol. The van der Waals surface area contributed by atoms with Gasteiger partial charge in [-0.15, -0.1) is 0 Å². The van der Waals surface area contributed by atoms with Gasteiger partial charge in [-0.3, -0.25) is 4.68 Å². The van der Waals surface area contributed by atoms with Crippen molar-refractivity contribution in [3.63, 3.8) is 0 Å². The van der Waals surface area contributed by atoms with Crippen LogP contribution in [0.4, 0.5) is 10.7 Å². The zero-order chi connectivity index (χ0) is 26.2. The van der Waals surface area contributed by atoms with Crippen LogP contribution in [0.1, 0.15) is 12.0 Å². The molecule has 12 heteroatoms. The standard InChI is InChI=1S/C26H28N10O2/c1-32-15-21(14-30-32)18-9-23(24-19(10-27)13-31-36(24)16-18)20-11-28-25(29-12-20)33-5-7-34(8-6-33)26(37)35-4-3-22(17-35)38-2/h9,11-16,22H,3-8,17H2,1-2H3. The van der Waals surface area contributed by atoms with Crippen LogP contribution in [0.15, 0.2) is 43.2 Å². The van der Waals surface area contributed by atoms with Crippen LogP contribution in [0.2, 0.25) is 0 Å². The van der Waals surface area contributed by atoms with Crippen LogP contribution in [0, 0.1) is 11.3 Å². The number of piperazine rings is 1. The van der Waals surface area contributed by atoms with E-state index >= 15 is 0 Å². The van der Waals surface area contributed by atoms with Gasteiger partial charge in [0.1, 0.15) is 6.07 Å². The van der Waals surface area contributed by atoms with Gasteiger partial charge in [-0.2, -0.15) is 15.5 Å². The lowest BCUT2D eigenvalue weighted by atomic mass is 10.0. The summed E-state index contributed by atoms with van der Waals surface area (Å²) in [6.07, 6.45) is 11.8. The van der Waals surface area contributed by atoms with E-state index in [4.69, 9.17) is 4.74 Å². The zero-order valence-electron chi connectivity index (χ0n) is 21.4.